The number of rotatable bonds is 4. The molecule has 1 aromatic rings. The van der Waals surface area contributed by atoms with E-state index in [0.717, 1.165) is 30.4 Å². The average Bonchev–Trinajstić information content (AvgIpc) is 2.79. The molecule has 134 valence electrons. The number of hydrogen-bond donors (Lipinski definition) is 1. The van der Waals surface area contributed by atoms with Crippen LogP contribution in [0.5, 0.6) is 0 Å². The number of aromatic nitrogens is 3. The Morgan fingerprint density at radius 3 is 2.88 bits per heavy atom. The van der Waals surface area contributed by atoms with Crippen molar-refractivity contribution in [3.8, 4) is 0 Å². The zero-order chi connectivity index (χ0) is 17.1. The van der Waals surface area contributed by atoms with Crippen molar-refractivity contribution in [2.45, 2.75) is 88.7 Å². The van der Waals surface area contributed by atoms with Gasteiger partial charge >= 0.3 is 0 Å². The molecule has 0 radical (unpaired) electrons. The van der Waals surface area contributed by atoms with E-state index in [1.54, 1.807) is 11.8 Å². The Labute approximate surface area is 149 Å². The number of fused-ring (bicyclic) bond motifs is 1. The Morgan fingerprint density at radius 2 is 2.04 bits per heavy atom. The van der Waals surface area contributed by atoms with Crippen LogP contribution in [0.3, 0.4) is 0 Å². The number of hydrogen-bond acceptors (Lipinski definition) is 4. The van der Waals surface area contributed by atoms with Crippen LogP contribution in [-0.4, -0.2) is 32.0 Å². The molecule has 0 aromatic carbocycles. The van der Waals surface area contributed by atoms with Crippen LogP contribution in [0.4, 0.5) is 0 Å². The molecule has 1 aliphatic carbocycles. The fourth-order valence-electron chi connectivity index (χ4n) is 3.84. The molecule has 2 aliphatic rings. The van der Waals surface area contributed by atoms with Gasteiger partial charge in [-0.3, -0.25) is 4.79 Å². The number of nitrogens with zero attached hydrogens (tertiary/aromatic N) is 3. The zero-order valence-electron chi connectivity index (χ0n) is 15.1. The molecule has 2 heterocycles. The first-order chi connectivity index (χ1) is 11.6. The number of aryl methyl sites for hydroxylation is 1. The summed E-state index contributed by atoms with van der Waals surface area (Å²) in [5, 5.41) is 12.7. The Morgan fingerprint density at radius 1 is 1.21 bits per heavy atom. The van der Waals surface area contributed by atoms with Crippen LogP contribution in [0.25, 0.3) is 0 Å². The zero-order valence-corrected chi connectivity index (χ0v) is 15.9. The van der Waals surface area contributed by atoms with Crippen LogP contribution < -0.4 is 5.32 Å². The molecule has 0 unspecified atom stereocenters. The largest absolute Gasteiger partial charge is 0.352 e. The summed E-state index contributed by atoms with van der Waals surface area (Å²) < 4.78 is 2.22. The number of nitrogens with one attached hydrogen (secondary N) is 1. The summed E-state index contributed by atoms with van der Waals surface area (Å²) in [6.07, 6.45) is 8.23. The van der Waals surface area contributed by atoms with Crippen molar-refractivity contribution in [1.29, 1.82) is 0 Å². The number of carbonyl (C=O) groups excluding carboxylic acids is 1. The van der Waals surface area contributed by atoms with E-state index in [1.807, 2.05) is 6.92 Å². The van der Waals surface area contributed by atoms with Gasteiger partial charge in [-0.05, 0) is 38.0 Å². The van der Waals surface area contributed by atoms with E-state index in [0.29, 0.717) is 17.9 Å². The molecule has 1 fully saturated rings. The molecule has 1 aromatic heterocycles. The first kappa shape index (κ1) is 17.8. The van der Waals surface area contributed by atoms with Gasteiger partial charge in [-0.15, -0.1) is 10.2 Å². The molecule has 4 atom stereocenters. The van der Waals surface area contributed by atoms with Gasteiger partial charge in [-0.25, -0.2) is 0 Å². The molecule has 1 amide bonds. The summed E-state index contributed by atoms with van der Waals surface area (Å²) in [4.78, 5) is 12.6. The summed E-state index contributed by atoms with van der Waals surface area (Å²) in [5.74, 6) is 2.47. The minimum atomic E-state index is -0.133. The topological polar surface area (TPSA) is 59.8 Å². The van der Waals surface area contributed by atoms with E-state index in [2.05, 4.69) is 33.9 Å². The second kappa shape index (κ2) is 7.89. The molecule has 5 nitrogen and oxygen atoms in total. The lowest BCUT2D eigenvalue weighted by Crippen LogP contribution is -2.46. The van der Waals surface area contributed by atoms with Gasteiger partial charge in [0.15, 0.2) is 5.16 Å². The van der Waals surface area contributed by atoms with Crippen molar-refractivity contribution in [2.75, 3.05) is 0 Å². The predicted molar refractivity (Wildman–Crippen MR) is 97.0 cm³/mol. The van der Waals surface area contributed by atoms with Gasteiger partial charge in [-0.1, -0.05) is 44.9 Å². The van der Waals surface area contributed by atoms with E-state index >= 15 is 0 Å². The van der Waals surface area contributed by atoms with Crippen molar-refractivity contribution in [1.82, 2.24) is 20.1 Å². The van der Waals surface area contributed by atoms with Gasteiger partial charge < -0.3 is 9.88 Å². The standard InChI is InChI=1S/C18H30N4OS/c1-12-8-7-9-15(13(12)2)19-17(23)14(3)24-18-21-20-16-10-5-4-6-11-22(16)18/h12-15H,4-11H2,1-3H3,(H,19,23)/t12-,13-,14-,15+/m1/s1. The summed E-state index contributed by atoms with van der Waals surface area (Å²) in [7, 11) is 0. The third-order valence-corrected chi connectivity index (χ3v) is 6.84. The molecule has 1 saturated carbocycles. The molecule has 3 rings (SSSR count). The normalized spacial score (nSPS) is 28.7. The van der Waals surface area contributed by atoms with Crippen LogP contribution in [0.15, 0.2) is 5.16 Å². The summed E-state index contributed by atoms with van der Waals surface area (Å²) >= 11 is 1.55. The second-order valence-electron chi connectivity index (χ2n) is 7.50. The van der Waals surface area contributed by atoms with Crippen molar-refractivity contribution >= 4 is 17.7 Å². The molecule has 0 saturated heterocycles. The molecular formula is C18H30N4OS. The van der Waals surface area contributed by atoms with Crippen LogP contribution in [0.1, 0.15) is 65.1 Å². The van der Waals surface area contributed by atoms with E-state index in [-0.39, 0.29) is 11.2 Å². The van der Waals surface area contributed by atoms with E-state index in [9.17, 15) is 4.79 Å². The lowest BCUT2D eigenvalue weighted by Gasteiger charge is -2.35. The van der Waals surface area contributed by atoms with Crippen molar-refractivity contribution in [3.63, 3.8) is 0 Å². The smallest absolute Gasteiger partial charge is 0.233 e. The minimum absolute atomic E-state index is 0.133. The highest BCUT2D eigenvalue weighted by Crippen LogP contribution is 2.30. The first-order valence-electron chi connectivity index (χ1n) is 9.45. The maximum atomic E-state index is 12.6. The summed E-state index contributed by atoms with van der Waals surface area (Å²) in [6.45, 7) is 7.53. The average molecular weight is 351 g/mol. The van der Waals surface area contributed by atoms with Crippen LogP contribution in [0.2, 0.25) is 0 Å². The van der Waals surface area contributed by atoms with Crippen LogP contribution in [0, 0.1) is 11.8 Å². The highest BCUT2D eigenvalue weighted by molar-refractivity contribution is 8.00. The monoisotopic (exact) mass is 350 g/mol. The Bertz CT molecular complexity index is 573. The van der Waals surface area contributed by atoms with Crippen molar-refractivity contribution in [2.24, 2.45) is 11.8 Å². The fourth-order valence-corrected chi connectivity index (χ4v) is 4.75. The van der Waals surface area contributed by atoms with Gasteiger partial charge in [0, 0.05) is 19.0 Å². The van der Waals surface area contributed by atoms with Gasteiger partial charge in [0.25, 0.3) is 0 Å². The quantitative estimate of drug-likeness (QED) is 0.845. The molecule has 0 bridgehead atoms. The highest BCUT2D eigenvalue weighted by Gasteiger charge is 2.30. The van der Waals surface area contributed by atoms with Crippen molar-refractivity contribution < 1.29 is 4.79 Å². The molecular weight excluding hydrogens is 320 g/mol. The van der Waals surface area contributed by atoms with E-state index < -0.39 is 0 Å². The Hall–Kier alpha value is -1.04. The number of amides is 1. The molecule has 6 heteroatoms. The lowest BCUT2D eigenvalue weighted by molar-refractivity contribution is -0.121. The van der Waals surface area contributed by atoms with Crippen LogP contribution in [-0.2, 0) is 17.8 Å². The SMILES string of the molecule is C[C@@H]1[C@H](C)CCC[C@@H]1NC(=O)[C@@H](C)Sc1nnc2n1CCCCC2. The first-order valence-corrected chi connectivity index (χ1v) is 10.3. The maximum absolute atomic E-state index is 12.6. The molecule has 1 aliphatic heterocycles. The van der Waals surface area contributed by atoms with Crippen molar-refractivity contribution in [3.05, 3.63) is 5.82 Å². The van der Waals surface area contributed by atoms with Gasteiger partial charge in [0.1, 0.15) is 5.82 Å². The third-order valence-electron chi connectivity index (χ3n) is 5.76. The fraction of sp³-hybridized carbons (Fsp3) is 0.833. The molecule has 24 heavy (non-hydrogen) atoms. The summed E-state index contributed by atoms with van der Waals surface area (Å²) in [5.41, 5.74) is 0. The maximum Gasteiger partial charge on any atom is 0.233 e. The summed E-state index contributed by atoms with van der Waals surface area (Å²) in [6, 6.07) is 0.319. The van der Waals surface area contributed by atoms with Gasteiger partial charge in [-0.2, -0.15) is 0 Å². The van der Waals surface area contributed by atoms with Gasteiger partial charge in [0.2, 0.25) is 5.91 Å². The third kappa shape index (κ3) is 3.95. The Kier molecular flexibility index (Phi) is 5.85. The van der Waals surface area contributed by atoms with E-state index in [4.69, 9.17) is 0 Å². The molecule has 0 spiro atoms. The van der Waals surface area contributed by atoms with Crippen LogP contribution >= 0.6 is 11.8 Å². The predicted octanol–water partition coefficient (Wildman–Crippen LogP) is 3.43. The second-order valence-corrected chi connectivity index (χ2v) is 8.81. The van der Waals surface area contributed by atoms with E-state index in [1.165, 1.54) is 32.1 Å². The number of carbonyl (C=O) groups is 1. The Balaban J connectivity index is 1.59. The highest BCUT2D eigenvalue weighted by atomic mass is 32.2. The lowest BCUT2D eigenvalue weighted by atomic mass is 9.78. The van der Waals surface area contributed by atoms with Gasteiger partial charge in [0.05, 0.1) is 5.25 Å². The number of thioether (sulfide) groups is 1. The molecule has 1 N–H and O–H groups in total. The minimum Gasteiger partial charge on any atom is -0.352 e.